The van der Waals surface area contributed by atoms with Gasteiger partial charge in [-0.1, -0.05) is 17.7 Å². The van der Waals surface area contributed by atoms with Crippen LogP contribution in [0.5, 0.6) is 0 Å². The molecule has 0 aliphatic heterocycles. The van der Waals surface area contributed by atoms with Crippen LogP contribution < -0.4 is 5.32 Å². The number of nitrogens with one attached hydrogen (secondary N) is 1. The number of ether oxygens (including phenoxy) is 1. The Kier molecular flexibility index (Phi) is 4.67. The monoisotopic (exact) mass is 412 g/mol. The molecule has 4 aliphatic carbocycles. The summed E-state index contributed by atoms with van der Waals surface area (Å²) in [4.78, 5) is 17.1. The third-order valence-corrected chi connectivity index (χ3v) is 7.71. The summed E-state index contributed by atoms with van der Waals surface area (Å²) in [7, 11) is 0. The lowest BCUT2D eigenvalue weighted by atomic mass is 9.47. The van der Waals surface area contributed by atoms with Gasteiger partial charge in [0.05, 0.1) is 17.7 Å². The van der Waals surface area contributed by atoms with Crippen LogP contribution in [0, 0.1) is 24.2 Å². The molecule has 154 valence electrons. The molecule has 4 saturated carbocycles. The second-order valence-electron chi connectivity index (χ2n) is 9.66. The van der Waals surface area contributed by atoms with E-state index >= 15 is 0 Å². The first-order valence-corrected chi connectivity index (χ1v) is 11.4. The Morgan fingerprint density at radius 2 is 1.97 bits per heavy atom. The highest BCUT2D eigenvalue weighted by Crippen LogP contribution is 2.62. The van der Waals surface area contributed by atoms with Crippen molar-refractivity contribution in [1.82, 2.24) is 4.98 Å². The highest BCUT2D eigenvalue weighted by Gasteiger charge is 2.57. The van der Waals surface area contributed by atoms with Crippen LogP contribution in [0.1, 0.15) is 56.2 Å². The Labute approximate surface area is 175 Å². The van der Waals surface area contributed by atoms with Crippen LogP contribution >= 0.6 is 11.3 Å². The molecule has 6 rings (SSSR count). The van der Waals surface area contributed by atoms with Gasteiger partial charge < -0.3 is 15.2 Å². The second kappa shape index (κ2) is 7.10. The standard InChI is InChI=1S/C23H28N2O3S/c1-15-2-4-18(5-3-15)24-21-25-19(13-29-21)12-28-20(26)11-22-7-16-6-17(8-22)10-23(27,9-16)14-22/h2-5,13,16-17,27H,6-12,14H2,1H3,(H,24,25)/t16-,17+,22?,23?. The number of esters is 1. The van der Waals surface area contributed by atoms with Crippen molar-refractivity contribution in [1.29, 1.82) is 0 Å². The molecule has 4 aliphatic rings. The lowest BCUT2D eigenvalue weighted by Crippen LogP contribution is -2.56. The van der Waals surface area contributed by atoms with Crippen molar-refractivity contribution >= 4 is 28.1 Å². The predicted molar refractivity (Wildman–Crippen MR) is 113 cm³/mol. The van der Waals surface area contributed by atoms with Gasteiger partial charge in [-0.2, -0.15) is 0 Å². The first kappa shape index (κ1) is 19.1. The van der Waals surface area contributed by atoms with Gasteiger partial charge in [0.2, 0.25) is 0 Å². The number of anilines is 2. The number of hydrogen-bond acceptors (Lipinski definition) is 6. The molecule has 29 heavy (non-hydrogen) atoms. The van der Waals surface area contributed by atoms with Gasteiger partial charge >= 0.3 is 5.97 Å². The minimum atomic E-state index is -0.532. The van der Waals surface area contributed by atoms with Crippen molar-refractivity contribution in [2.24, 2.45) is 17.3 Å². The fourth-order valence-electron chi connectivity index (χ4n) is 6.31. The van der Waals surface area contributed by atoms with Gasteiger partial charge in [-0.15, -0.1) is 11.3 Å². The molecule has 1 heterocycles. The summed E-state index contributed by atoms with van der Waals surface area (Å²) < 4.78 is 5.58. The minimum absolute atomic E-state index is 0.0455. The summed E-state index contributed by atoms with van der Waals surface area (Å²) in [5.74, 6) is 1.02. The Morgan fingerprint density at radius 3 is 2.66 bits per heavy atom. The minimum Gasteiger partial charge on any atom is -0.459 e. The number of thiazole rings is 1. The van der Waals surface area contributed by atoms with E-state index in [1.165, 1.54) is 23.3 Å². The van der Waals surface area contributed by atoms with Crippen molar-refractivity contribution in [3.63, 3.8) is 0 Å². The zero-order valence-corrected chi connectivity index (χ0v) is 17.6. The molecule has 0 spiro atoms. The molecule has 0 saturated heterocycles. The van der Waals surface area contributed by atoms with Crippen LogP contribution in [0.2, 0.25) is 0 Å². The van der Waals surface area contributed by atoms with E-state index in [1.807, 2.05) is 17.5 Å². The fourth-order valence-corrected chi connectivity index (χ4v) is 7.03. The molecule has 6 heteroatoms. The first-order valence-electron chi connectivity index (χ1n) is 10.5. The van der Waals surface area contributed by atoms with Crippen molar-refractivity contribution < 1.29 is 14.6 Å². The van der Waals surface area contributed by atoms with Crippen LogP contribution in [0.3, 0.4) is 0 Å². The van der Waals surface area contributed by atoms with Crippen LogP contribution in [0.4, 0.5) is 10.8 Å². The zero-order valence-electron chi connectivity index (χ0n) is 16.8. The topological polar surface area (TPSA) is 71.5 Å². The lowest BCUT2D eigenvalue weighted by molar-refractivity contribution is -0.177. The molecule has 5 nitrogen and oxygen atoms in total. The molecule has 4 bridgehead atoms. The van der Waals surface area contributed by atoms with E-state index in [0.29, 0.717) is 18.3 Å². The molecule has 1 aromatic carbocycles. The van der Waals surface area contributed by atoms with Gasteiger partial charge in [0.1, 0.15) is 6.61 Å². The summed E-state index contributed by atoms with van der Waals surface area (Å²) in [6.07, 6.45) is 6.43. The number of hydrogen-bond donors (Lipinski definition) is 2. The third kappa shape index (κ3) is 4.05. The molecule has 2 unspecified atom stereocenters. The number of carbonyl (C=O) groups is 1. The number of rotatable bonds is 6. The largest absolute Gasteiger partial charge is 0.459 e. The Balaban J connectivity index is 1.16. The molecule has 2 aromatic rings. The van der Waals surface area contributed by atoms with Crippen molar-refractivity contribution in [2.75, 3.05) is 5.32 Å². The number of carbonyl (C=O) groups excluding carboxylic acids is 1. The molecule has 0 radical (unpaired) electrons. The lowest BCUT2D eigenvalue weighted by Gasteiger charge is -2.60. The van der Waals surface area contributed by atoms with Crippen LogP contribution in [-0.2, 0) is 16.1 Å². The first-order chi connectivity index (χ1) is 13.9. The SMILES string of the molecule is Cc1ccc(Nc2nc(COC(=O)CC34C[C@@H]5C[C@@H](CC(O)(C5)C3)C4)cs2)cc1. The summed E-state index contributed by atoms with van der Waals surface area (Å²) in [6, 6.07) is 8.16. The number of benzene rings is 1. The average Bonchev–Trinajstić information content (AvgIpc) is 3.07. The van der Waals surface area contributed by atoms with E-state index in [2.05, 4.69) is 29.4 Å². The number of aliphatic hydroxyl groups is 1. The summed E-state index contributed by atoms with van der Waals surface area (Å²) >= 11 is 1.51. The van der Waals surface area contributed by atoms with Gasteiger partial charge in [-0.3, -0.25) is 4.79 Å². The van der Waals surface area contributed by atoms with Crippen molar-refractivity contribution in [3.8, 4) is 0 Å². The van der Waals surface area contributed by atoms with Gasteiger partial charge in [-0.25, -0.2) is 4.98 Å². The predicted octanol–water partition coefficient (Wildman–Crippen LogP) is 4.96. The van der Waals surface area contributed by atoms with E-state index < -0.39 is 5.60 Å². The van der Waals surface area contributed by atoms with E-state index in [-0.39, 0.29) is 18.0 Å². The van der Waals surface area contributed by atoms with Gasteiger partial charge in [-0.05, 0) is 74.8 Å². The molecule has 1 aromatic heterocycles. The molecule has 2 N–H and O–H groups in total. The van der Waals surface area contributed by atoms with Gasteiger partial charge in [0.25, 0.3) is 0 Å². The molecular weight excluding hydrogens is 384 g/mol. The molecule has 4 fully saturated rings. The van der Waals surface area contributed by atoms with E-state index in [0.717, 1.165) is 48.6 Å². The summed E-state index contributed by atoms with van der Waals surface area (Å²) in [5, 5.41) is 16.9. The quantitative estimate of drug-likeness (QED) is 0.656. The Morgan fingerprint density at radius 1 is 1.24 bits per heavy atom. The fraction of sp³-hybridized carbons (Fsp3) is 0.565. The molecule has 4 atom stereocenters. The smallest absolute Gasteiger partial charge is 0.306 e. The number of aryl methyl sites for hydroxylation is 1. The maximum Gasteiger partial charge on any atom is 0.306 e. The highest BCUT2D eigenvalue weighted by atomic mass is 32.1. The average molecular weight is 413 g/mol. The second-order valence-corrected chi connectivity index (χ2v) is 10.5. The molecular formula is C23H28N2O3S. The van der Waals surface area contributed by atoms with E-state index in [1.54, 1.807) is 0 Å². The van der Waals surface area contributed by atoms with Crippen molar-refractivity contribution in [3.05, 3.63) is 40.9 Å². The number of aromatic nitrogens is 1. The summed E-state index contributed by atoms with van der Waals surface area (Å²) in [6.45, 7) is 2.27. The number of nitrogens with zero attached hydrogens (tertiary/aromatic N) is 1. The van der Waals surface area contributed by atoms with Gasteiger partial charge in [0, 0.05) is 11.1 Å². The molecule has 0 amide bonds. The van der Waals surface area contributed by atoms with Gasteiger partial charge in [0.15, 0.2) is 5.13 Å². The van der Waals surface area contributed by atoms with Crippen molar-refractivity contribution in [2.45, 2.75) is 64.1 Å². The van der Waals surface area contributed by atoms with Crippen LogP contribution in [-0.4, -0.2) is 21.7 Å². The maximum atomic E-state index is 12.6. The maximum absolute atomic E-state index is 12.6. The Bertz CT molecular complexity index is 893. The highest BCUT2D eigenvalue weighted by molar-refractivity contribution is 7.13. The van der Waals surface area contributed by atoms with E-state index in [4.69, 9.17) is 4.74 Å². The van der Waals surface area contributed by atoms with E-state index in [9.17, 15) is 9.90 Å². The third-order valence-electron chi connectivity index (χ3n) is 6.91. The normalized spacial score (nSPS) is 32.3. The van der Waals surface area contributed by atoms with Crippen LogP contribution in [0.15, 0.2) is 29.6 Å². The summed E-state index contributed by atoms with van der Waals surface area (Å²) in [5.41, 5.74) is 2.40. The Hall–Kier alpha value is -1.92. The van der Waals surface area contributed by atoms with Crippen LogP contribution in [0.25, 0.3) is 0 Å². The zero-order chi connectivity index (χ0) is 20.1.